The lowest BCUT2D eigenvalue weighted by molar-refractivity contribution is -0.124. The number of carbonyl (C=O) groups is 1. The average molecular weight is 381 g/mol. The molecular formula is C22H27N3O3. The first-order chi connectivity index (χ1) is 13.7. The van der Waals surface area contributed by atoms with Crippen molar-refractivity contribution in [1.82, 2.24) is 14.9 Å². The normalized spacial score (nSPS) is 10.9. The zero-order valence-electron chi connectivity index (χ0n) is 16.5. The molecule has 0 aliphatic heterocycles. The zero-order chi connectivity index (χ0) is 19.8. The molecule has 0 spiro atoms. The van der Waals surface area contributed by atoms with Gasteiger partial charge in [0.05, 0.1) is 17.6 Å². The molecule has 0 bridgehead atoms. The second-order valence-electron chi connectivity index (χ2n) is 6.55. The maximum atomic E-state index is 11.6. The minimum absolute atomic E-state index is 0.0705. The number of nitrogens with zero attached hydrogens (tertiary/aromatic N) is 2. The highest BCUT2D eigenvalue weighted by Gasteiger charge is 2.11. The summed E-state index contributed by atoms with van der Waals surface area (Å²) in [5.41, 5.74) is 3.32. The highest BCUT2D eigenvalue weighted by Crippen LogP contribution is 2.17. The van der Waals surface area contributed by atoms with Crippen molar-refractivity contribution in [2.24, 2.45) is 0 Å². The SMILES string of the molecule is CCc1ccc(OCCn2c(CCNC(=O)COC)nc3ccccc32)cc1. The molecule has 1 amide bonds. The summed E-state index contributed by atoms with van der Waals surface area (Å²) in [6.07, 6.45) is 1.67. The van der Waals surface area contributed by atoms with Crippen LogP contribution >= 0.6 is 0 Å². The largest absolute Gasteiger partial charge is 0.492 e. The number of rotatable bonds is 10. The number of carbonyl (C=O) groups excluding carboxylic acids is 1. The van der Waals surface area contributed by atoms with E-state index in [0.29, 0.717) is 26.1 Å². The maximum Gasteiger partial charge on any atom is 0.245 e. The maximum absolute atomic E-state index is 11.6. The van der Waals surface area contributed by atoms with E-state index < -0.39 is 0 Å². The van der Waals surface area contributed by atoms with Gasteiger partial charge in [-0.2, -0.15) is 0 Å². The zero-order valence-corrected chi connectivity index (χ0v) is 16.5. The summed E-state index contributed by atoms with van der Waals surface area (Å²) in [5.74, 6) is 1.68. The van der Waals surface area contributed by atoms with E-state index in [1.54, 1.807) is 0 Å². The topological polar surface area (TPSA) is 65.4 Å². The molecule has 3 aromatic rings. The number of hydrogen-bond donors (Lipinski definition) is 1. The number of aryl methyl sites for hydroxylation is 1. The Morgan fingerprint density at radius 3 is 2.68 bits per heavy atom. The Hall–Kier alpha value is -2.86. The van der Waals surface area contributed by atoms with Gasteiger partial charge in [0.1, 0.15) is 24.8 Å². The molecular weight excluding hydrogens is 354 g/mol. The molecule has 1 heterocycles. The van der Waals surface area contributed by atoms with Gasteiger partial charge in [0.15, 0.2) is 0 Å². The smallest absolute Gasteiger partial charge is 0.245 e. The Balaban J connectivity index is 1.65. The first kappa shape index (κ1) is 19.9. The van der Waals surface area contributed by atoms with Crippen LogP contribution in [-0.2, 0) is 28.9 Å². The fraction of sp³-hybridized carbons (Fsp3) is 0.364. The Morgan fingerprint density at radius 2 is 1.93 bits per heavy atom. The molecule has 2 aromatic carbocycles. The minimum atomic E-state index is -0.121. The van der Waals surface area contributed by atoms with Crippen LogP contribution in [0.1, 0.15) is 18.3 Å². The highest BCUT2D eigenvalue weighted by molar-refractivity contribution is 5.77. The summed E-state index contributed by atoms with van der Waals surface area (Å²) < 4.78 is 12.9. The van der Waals surface area contributed by atoms with Crippen LogP contribution in [0.15, 0.2) is 48.5 Å². The molecule has 6 nitrogen and oxygen atoms in total. The summed E-state index contributed by atoms with van der Waals surface area (Å²) in [6.45, 7) is 3.97. The highest BCUT2D eigenvalue weighted by atomic mass is 16.5. The standard InChI is InChI=1S/C22H27N3O3/c1-3-17-8-10-18(11-9-17)28-15-14-25-20-7-5-4-6-19(20)24-21(25)12-13-23-22(26)16-27-2/h4-11H,3,12-16H2,1-2H3,(H,23,26). The fourth-order valence-electron chi connectivity index (χ4n) is 3.14. The number of aromatic nitrogens is 2. The lowest BCUT2D eigenvalue weighted by Crippen LogP contribution is -2.29. The van der Waals surface area contributed by atoms with Crippen molar-refractivity contribution >= 4 is 16.9 Å². The Kier molecular flexibility index (Phi) is 7.03. The second-order valence-corrected chi connectivity index (χ2v) is 6.55. The number of para-hydroxylation sites is 2. The monoisotopic (exact) mass is 381 g/mol. The number of hydrogen-bond acceptors (Lipinski definition) is 4. The van der Waals surface area contributed by atoms with Crippen molar-refractivity contribution < 1.29 is 14.3 Å². The fourth-order valence-corrected chi connectivity index (χ4v) is 3.14. The first-order valence-electron chi connectivity index (χ1n) is 9.62. The van der Waals surface area contributed by atoms with Crippen LogP contribution in [0.4, 0.5) is 0 Å². The van der Waals surface area contributed by atoms with Crippen LogP contribution < -0.4 is 10.1 Å². The van der Waals surface area contributed by atoms with Crippen LogP contribution in [0, 0.1) is 0 Å². The summed E-state index contributed by atoms with van der Waals surface area (Å²) in [6, 6.07) is 16.3. The Bertz CT molecular complexity index is 903. The van der Waals surface area contributed by atoms with E-state index in [4.69, 9.17) is 14.5 Å². The molecule has 3 rings (SSSR count). The molecule has 0 aliphatic carbocycles. The molecule has 0 aliphatic rings. The van der Waals surface area contributed by atoms with Crippen molar-refractivity contribution in [3.05, 3.63) is 59.9 Å². The van der Waals surface area contributed by atoms with Crippen molar-refractivity contribution in [2.75, 3.05) is 26.9 Å². The Morgan fingerprint density at radius 1 is 1.14 bits per heavy atom. The number of benzene rings is 2. The van der Waals surface area contributed by atoms with Gasteiger partial charge in [0, 0.05) is 20.1 Å². The number of ether oxygens (including phenoxy) is 2. The predicted octanol–water partition coefficient (Wildman–Crippen LogP) is 2.98. The van der Waals surface area contributed by atoms with Crippen LogP contribution in [0.3, 0.4) is 0 Å². The minimum Gasteiger partial charge on any atom is -0.492 e. The van der Waals surface area contributed by atoms with Gasteiger partial charge in [0.2, 0.25) is 5.91 Å². The molecule has 1 aromatic heterocycles. The van der Waals surface area contributed by atoms with Crippen LogP contribution in [-0.4, -0.2) is 42.3 Å². The molecule has 0 radical (unpaired) electrons. The van der Waals surface area contributed by atoms with Crippen molar-refractivity contribution in [1.29, 1.82) is 0 Å². The third kappa shape index (κ3) is 5.10. The van der Waals surface area contributed by atoms with Crippen molar-refractivity contribution in [2.45, 2.75) is 26.3 Å². The number of imidazole rings is 1. The van der Waals surface area contributed by atoms with E-state index in [2.05, 4.69) is 35.0 Å². The van der Waals surface area contributed by atoms with E-state index in [-0.39, 0.29) is 12.5 Å². The number of fused-ring (bicyclic) bond motifs is 1. The predicted molar refractivity (Wildman–Crippen MR) is 110 cm³/mol. The molecule has 0 atom stereocenters. The van der Waals surface area contributed by atoms with E-state index in [0.717, 1.165) is 29.0 Å². The van der Waals surface area contributed by atoms with Gasteiger partial charge >= 0.3 is 0 Å². The van der Waals surface area contributed by atoms with Crippen molar-refractivity contribution in [3.63, 3.8) is 0 Å². The second kappa shape index (κ2) is 9.90. The lowest BCUT2D eigenvalue weighted by Gasteiger charge is -2.11. The van der Waals surface area contributed by atoms with Crippen LogP contribution in [0.5, 0.6) is 5.75 Å². The van der Waals surface area contributed by atoms with Crippen LogP contribution in [0.25, 0.3) is 11.0 Å². The molecule has 1 N–H and O–H groups in total. The summed E-state index contributed by atoms with van der Waals surface area (Å²) in [4.78, 5) is 16.3. The molecule has 28 heavy (non-hydrogen) atoms. The van der Waals surface area contributed by atoms with Gasteiger partial charge in [-0.05, 0) is 36.2 Å². The van der Waals surface area contributed by atoms with Gasteiger partial charge in [-0.3, -0.25) is 4.79 Å². The van der Waals surface area contributed by atoms with Gasteiger partial charge in [0.25, 0.3) is 0 Å². The third-order valence-electron chi connectivity index (χ3n) is 4.60. The summed E-state index contributed by atoms with van der Waals surface area (Å²) in [7, 11) is 1.51. The third-order valence-corrected chi connectivity index (χ3v) is 4.60. The van der Waals surface area contributed by atoms with Gasteiger partial charge in [-0.25, -0.2) is 4.98 Å². The molecule has 6 heteroatoms. The molecule has 0 saturated heterocycles. The average Bonchev–Trinajstić information content (AvgIpc) is 3.06. The summed E-state index contributed by atoms with van der Waals surface area (Å²) in [5, 5.41) is 2.85. The van der Waals surface area contributed by atoms with E-state index in [1.165, 1.54) is 12.7 Å². The molecule has 0 saturated carbocycles. The van der Waals surface area contributed by atoms with Crippen LogP contribution in [0.2, 0.25) is 0 Å². The molecule has 0 fully saturated rings. The first-order valence-corrected chi connectivity index (χ1v) is 9.62. The molecule has 148 valence electrons. The molecule has 0 unspecified atom stereocenters. The van der Waals surface area contributed by atoms with E-state index >= 15 is 0 Å². The summed E-state index contributed by atoms with van der Waals surface area (Å²) >= 11 is 0. The van der Waals surface area contributed by atoms with E-state index in [9.17, 15) is 4.79 Å². The number of methoxy groups -OCH3 is 1. The van der Waals surface area contributed by atoms with Gasteiger partial charge in [-0.1, -0.05) is 31.2 Å². The number of amides is 1. The lowest BCUT2D eigenvalue weighted by atomic mass is 10.2. The van der Waals surface area contributed by atoms with Gasteiger partial charge < -0.3 is 19.4 Å². The van der Waals surface area contributed by atoms with Crippen molar-refractivity contribution in [3.8, 4) is 5.75 Å². The van der Waals surface area contributed by atoms with E-state index in [1.807, 2.05) is 30.3 Å². The Labute approximate surface area is 165 Å². The van der Waals surface area contributed by atoms with Gasteiger partial charge in [-0.15, -0.1) is 0 Å². The number of nitrogens with one attached hydrogen (secondary N) is 1. The quantitative estimate of drug-likeness (QED) is 0.586.